The van der Waals surface area contributed by atoms with Crippen LogP contribution in [0.5, 0.6) is 0 Å². The predicted octanol–water partition coefficient (Wildman–Crippen LogP) is 5.87. The Bertz CT molecular complexity index is 1060. The zero-order valence-corrected chi connectivity index (χ0v) is 18.6. The summed E-state index contributed by atoms with van der Waals surface area (Å²) in [5.41, 5.74) is 4.57. The van der Waals surface area contributed by atoms with Crippen molar-refractivity contribution in [3.8, 4) is 11.1 Å². The second-order valence-corrected chi connectivity index (χ2v) is 9.33. The molecule has 154 valence electrons. The maximum absolute atomic E-state index is 12.6. The molecule has 1 aliphatic carbocycles. The summed E-state index contributed by atoms with van der Waals surface area (Å²) in [4.78, 5) is 25.7. The minimum atomic E-state index is -0.989. The largest absolute Gasteiger partial charge is 0.481 e. The van der Waals surface area contributed by atoms with Crippen molar-refractivity contribution in [1.29, 1.82) is 0 Å². The highest BCUT2D eigenvalue weighted by molar-refractivity contribution is 9.10. The summed E-state index contributed by atoms with van der Waals surface area (Å²) in [6.07, 6.45) is -0.844. The van der Waals surface area contributed by atoms with E-state index in [2.05, 4.69) is 45.5 Å². The average molecular weight is 486 g/mol. The fourth-order valence-electron chi connectivity index (χ4n) is 3.91. The molecule has 3 aromatic rings. The Kier molecular flexibility index (Phi) is 5.92. The molecule has 0 bridgehead atoms. The van der Waals surface area contributed by atoms with Gasteiger partial charge in [0.1, 0.15) is 6.61 Å². The molecule has 0 saturated carbocycles. The van der Waals surface area contributed by atoms with Gasteiger partial charge in [0.05, 0.1) is 12.5 Å². The van der Waals surface area contributed by atoms with Crippen LogP contribution in [0, 0.1) is 6.92 Å². The number of hydrogen-bond donors (Lipinski definition) is 2. The van der Waals surface area contributed by atoms with Crippen LogP contribution in [0.3, 0.4) is 0 Å². The molecule has 2 N–H and O–H groups in total. The molecule has 1 unspecified atom stereocenters. The van der Waals surface area contributed by atoms with Crippen molar-refractivity contribution < 1.29 is 19.4 Å². The summed E-state index contributed by atoms with van der Waals surface area (Å²) < 4.78 is 6.35. The summed E-state index contributed by atoms with van der Waals surface area (Å²) in [6.45, 7) is 2.12. The maximum atomic E-state index is 12.6. The maximum Gasteiger partial charge on any atom is 0.407 e. The van der Waals surface area contributed by atoms with Crippen LogP contribution in [0.15, 0.2) is 59.1 Å². The van der Waals surface area contributed by atoms with Crippen LogP contribution >= 0.6 is 27.3 Å². The van der Waals surface area contributed by atoms with E-state index in [9.17, 15) is 14.7 Å². The van der Waals surface area contributed by atoms with Crippen molar-refractivity contribution in [3.63, 3.8) is 0 Å². The number of carbonyl (C=O) groups is 2. The number of aryl methyl sites for hydroxylation is 1. The van der Waals surface area contributed by atoms with Crippen LogP contribution in [0.4, 0.5) is 4.79 Å². The third-order valence-electron chi connectivity index (χ3n) is 5.17. The molecular weight excluding hydrogens is 466 g/mol. The highest BCUT2D eigenvalue weighted by Crippen LogP contribution is 2.44. The summed E-state index contributed by atoms with van der Waals surface area (Å²) >= 11 is 4.90. The van der Waals surface area contributed by atoms with E-state index in [4.69, 9.17) is 4.74 Å². The van der Waals surface area contributed by atoms with Gasteiger partial charge in [-0.05, 0) is 51.2 Å². The van der Waals surface area contributed by atoms with Gasteiger partial charge in [0.25, 0.3) is 0 Å². The molecule has 5 nitrogen and oxygen atoms in total. The Morgan fingerprint density at radius 2 is 1.73 bits per heavy atom. The number of halogens is 1. The number of alkyl carbamates (subject to hydrolysis) is 1. The van der Waals surface area contributed by atoms with Crippen LogP contribution < -0.4 is 5.32 Å². The third-order valence-corrected chi connectivity index (χ3v) is 7.25. The first-order valence-corrected chi connectivity index (χ1v) is 11.1. The first kappa shape index (κ1) is 20.6. The molecule has 1 atom stereocenters. The summed E-state index contributed by atoms with van der Waals surface area (Å²) in [6, 6.07) is 17.5. The lowest BCUT2D eigenvalue weighted by Gasteiger charge is -2.18. The van der Waals surface area contributed by atoms with Gasteiger partial charge in [-0.2, -0.15) is 0 Å². The van der Waals surface area contributed by atoms with E-state index in [-0.39, 0.29) is 18.9 Å². The first-order chi connectivity index (χ1) is 14.4. The Labute approximate surface area is 186 Å². The van der Waals surface area contributed by atoms with Crippen LogP contribution in [-0.2, 0) is 9.53 Å². The van der Waals surface area contributed by atoms with Crippen LogP contribution in [0.1, 0.15) is 39.3 Å². The molecule has 2 aromatic carbocycles. The number of carbonyl (C=O) groups excluding carboxylic acids is 1. The van der Waals surface area contributed by atoms with Gasteiger partial charge in [-0.25, -0.2) is 4.79 Å². The molecular formula is C23H20BrNO4S. The lowest BCUT2D eigenvalue weighted by Crippen LogP contribution is -2.31. The van der Waals surface area contributed by atoms with Gasteiger partial charge >= 0.3 is 12.1 Å². The number of carboxylic acid groups (broad SMARTS) is 1. The summed E-state index contributed by atoms with van der Waals surface area (Å²) in [5, 5.41) is 12.0. The molecule has 30 heavy (non-hydrogen) atoms. The molecule has 0 radical (unpaired) electrons. The Hall–Kier alpha value is -2.64. The quantitative estimate of drug-likeness (QED) is 0.457. The molecule has 1 aliphatic rings. The second-order valence-electron chi connectivity index (χ2n) is 7.19. The van der Waals surface area contributed by atoms with Gasteiger partial charge in [0, 0.05) is 20.1 Å². The standard InChI is InChI=1S/C23H20BrNO4S/c1-13-10-19(24)22(30-13)20(11-21(26)27)25-23(28)29-12-18-16-8-4-2-6-14(16)15-7-3-5-9-17(15)18/h2-10,18,20H,11-12H2,1H3,(H,25,28)(H,26,27). The lowest BCUT2D eigenvalue weighted by atomic mass is 9.98. The third kappa shape index (κ3) is 4.13. The normalized spacial score (nSPS) is 13.4. The minimum absolute atomic E-state index is 0.0446. The number of thiophene rings is 1. The van der Waals surface area contributed by atoms with Crippen LogP contribution in [0.25, 0.3) is 11.1 Å². The van der Waals surface area contributed by atoms with E-state index >= 15 is 0 Å². The number of ether oxygens (including phenoxy) is 1. The monoisotopic (exact) mass is 485 g/mol. The van der Waals surface area contributed by atoms with Crippen LogP contribution in [0.2, 0.25) is 0 Å². The molecule has 7 heteroatoms. The summed E-state index contributed by atoms with van der Waals surface area (Å²) in [7, 11) is 0. The molecule has 0 saturated heterocycles. The molecule has 0 spiro atoms. The van der Waals surface area contributed by atoms with Crippen molar-refractivity contribution in [2.24, 2.45) is 0 Å². The average Bonchev–Trinajstić information content (AvgIpc) is 3.22. The number of benzene rings is 2. The Morgan fingerprint density at radius 1 is 1.13 bits per heavy atom. The number of fused-ring (bicyclic) bond motifs is 3. The highest BCUT2D eigenvalue weighted by Gasteiger charge is 2.30. The van der Waals surface area contributed by atoms with Crippen molar-refractivity contribution in [3.05, 3.63) is 80.0 Å². The van der Waals surface area contributed by atoms with Gasteiger partial charge < -0.3 is 15.2 Å². The van der Waals surface area contributed by atoms with E-state index in [1.54, 1.807) is 0 Å². The lowest BCUT2D eigenvalue weighted by molar-refractivity contribution is -0.137. The Balaban J connectivity index is 1.49. The fraction of sp³-hybridized carbons (Fsp3) is 0.217. The smallest absolute Gasteiger partial charge is 0.407 e. The van der Waals surface area contributed by atoms with Crippen molar-refractivity contribution >= 4 is 39.3 Å². The second kappa shape index (κ2) is 8.62. The SMILES string of the molecule is Cc1cc(Br)c(C(CC(=O)O)NC(=O)OCC2c3ccccc3-c3ccccc32)s1. The number of nitrogens with one attached hydrogen (secondary N) is 1. The number of hydrogen-bond acceptors (Lipinski definition) is 4. The fourth-order valence-corrected chi connectivity index (χ4v) is 5.88. The molecule has 0 aliphatic heterocycles. The molecule has 0 fully saturated rings. The van der Waals surface area contributed by atoms with Crippen LogP contribution in [-0.4, -0.2) is 23.8 Å². The zero-order chi connectivity index (χ0) is 21.3. The van der Waals surface area contributed by atoms with E-state index in [1.165, 1.54) is 11.3 Å². The minimum Gasteiger partial charge on any atom is -0.481 e. The number of aliphatic carboxylic acids is 1. The first-order valence-electron chi connectivity index (χ1n) is 9.53. The van der Waals surface area contributed by atoms with Crippen molar-refractivity contribution in [2.75, 3.05) is 6.61 Å². The van der Waals surface area contributed by atoms with Crippen molar-refractivity contribution in [1.82, 2.24) is 5.32 Å². The van der Waals surface area contributed by atoms with Crippen molar-refractivity contribution in [2.45, 2.75) is 25.3 Å². The predicted molar refractivity (Wildman–Crippen MR) is 120 cm³/mol. The zero-order valence-electron chi connectivity index (χ0n) is 16.2. The van der Waals surface area contributed by atoms with E-state index in [1.807, 2.05) is 37.3 Å². The summed E-state index contributed by atoms with van der Waals surface area (Å²) in [5.74, 6) is -1.03. The molecule has 4 rings (SSSR count). The number of amides is 1. The van der Waals surface area contributed by atoms with Gasteiger partial charge in [-0.1, -0.05) is 48.5 Å². The van der Waals surface area contributed by atoms with E-state index in [0.29, 0.717) is 0 Å². The molecule has 1 aromatic heterocycles. The van der Waals surface area contributed by atoms with Gasteiger partial charge in [-0.15, -0.1) is 11.3 Å². The number of carboxylic acids is 1. The van der Waals surface area contributed by atoms with Gasteiger partial charge in [0.15, 0.2) is 0 Å². The van der Waals surface area contributed by atoms with E-state index in [0.717, 1.165) is 36.5 Å². The molecule has 1 heterocycles. The van der Waals surface area contributed by atoms with Gasteiger partial charge in [-0.3, -0.25) is 4.79 Å². The van der Waals surface area contributed by atoms with Gasteiger partial charge in [0.2, 0.25) is 0 Å². The highest BCUT2D eigenvalue weighted by atomic mass is 79.9. The number of rotatable bonds is 6. The Morgan fingerprint density at radius 3 is 2.27 bits per heavy atom. The molecule has 1 amide bonds. The van der Waals surface area contributed by atoms with E-state index < -0.39 is 18.1 Å². The topological polar surface area (TPSA) is 75.6 Å².